The van der Waals surface area contributed by atoms with Gasteiger partial charge in [-0.15, -0.1) is 0 Å². The Morgan fingerprint density at radius 1 is 0.370 bits per heavy atom. The highest BCUT2D eigenvalue weighted by atomic mass is 16.4. The highest BCUT2D eigenvalue weighted by Gasteiger charge is 2.29. The molecule has 552 valence electrons. The van der Waals surface area contributed by atoms with Crippen LogP contribution < -0.4 is 18.3 Å². The topological polar surface area (TPSA) is 120 Å². The predicted molar refractivity (Wildman–Crippen MR) is 443 cm³/mol. The second kappa shape index (κ2) is 29.8. The number of aryl methyl sites for hydroxylation is 14. The number of furan rings is 4. The Labute approximate surface area is 662 Å². The van der Waals surface area contributed by atoms with Crippen molar-refractivity contribution < 1.29 is 60.6 Å². The lowest BCUT2D eigenvalue weighted by atomic mass is 9.86. The molecule has 108 heavy (non-hydrogen) atoms. The quantitative estimate of drug-likeness (QED) is 0.124. The fraction of sp³-hybridized carbons (Fsp3) is 0.333. The van der Waals surface area contributed by atoms with Crippen molar-refractivity contribution >= 4 is 88.3 Å². The minimum absolute atomic E-state index is 0.240. The van der Waals surface area contributed by atoms with Gasteiger partial charge in [0.15, 0.2) is 47.1 Å². The number of fused-ring (bicyclic) bond motifs is 12. The van der Waals surface area contributed by atoms with E-state index < -0.39 is 51.9 Å². The van der Waals surface area contributed by atoms with Gasteiger partial charge in [0.05, 0.1) is 22.3 Å². The molecule has 16 rings (SSSR count). The van der Waals surface area contributed by atoms with Gasteiger partial charge in [-0.1, -0.05) is 118 Å². The first-order valence-electron chi connectivity index (χ1n) is 45.5. The molecule has 0 aliphatic rings. The normalized spacial score (nSPS) is 16.3. The standard InChI is InChI=1S/C25H29N2O.2C24H27N2O.C23H25N2O/c1-15-8-10-19-20-11-9-17(3)26-24(20)28-23(19)22(15)21-12-18(13-25(4,5)6)16(2)14-27(21)7;1-14(2)11-18-12-21(26(6)13-16(18)4)22-15(3)7-9-19-20-10-8-17(5)25-24(20)27-23(19)22;1-15-9-10-18-19-8-7-11-25-23(19)27-22(18)21(15)20-12-17(13-24(3,4)5)16(2)14-26(20)6;1-14(2)11-17-12-20(25(5)13-16(17)4)21-15(3)8-9-18-19-7-6-10-24-23(19)26-22(18)21/h8-12,14H,13H2,1-7H3;7-10,12-14H,11H2,1-6H3;7-12,14H,13H2,1-6H3;6-10,12-14H,11H2,1-5H3/q4*+1/i;1D3,4D3,11D2,14D;;1D3,4D3,11D2,14D. The molecule has 12 heteroatoms. The first kappa shape index (κ1) is 55.7. The third-order valence-corrected chi connectivity index (χ3v) is 19.8. The van der Waals surface area contributed by atoms with Crippen molar-refractivity contribution in [1.29, 1.82) is 0 Å². The summed E-state index contributed by atoms with van der Waals surface area (Å²) in [5.41, 5.74) is 22.0. The fourth-order valence-electron chi connectivity index (χ4n) is 14.7. The van der Waals surface area contributed by atoms with Crippen LogP contribution in [0.3, 0.4) is 0 Å². The zero-order valence-electron chi connectivity index (χ0n) is 83.6. The number of rotatable bonds is 10. The second-order valence-electron chi connectivity index (χ2n) is 31.4. The van der Waals surface area contributed by atoms with Gasteiger partial charge in [0, 0.05) is 138 Å². The van der Waals surface area contributed by atoms with Crippen molar-refractivity contribution in [2.75, 3.05) is 0 Å². The molecule has 12 nitrogen and oxygen atoms in total. The number of hydrogen-bond acceptors (Lipinski definition) is 8. The van der Waals surface area contributed by atoms with Gasteiger partial charge in [-0.05, 0) is 210 Å². The van der Waals surface area contributed by atoms with E-state index in [4.69, 9.17) is 42.3 Å². The molecule has 16 aromatic rings. The van der Waals surface area contributed by atoms with Gasteiger partial charge in [-0.25, -0.2) is 38.2 Å². The van der Waals surface area contributed by atoms with Crippen molar-refractivity contribution in [2.45, 2.75) is 164 Å². The minimum Gasteiger partial charge on any atom is -0.437 e. The van der Waals surface area contributed by atoms with Crippen LogP contribution >= 0.6 is 0 Å². The fourth-order valence-corrected chi connectivity index (χ4v) is 14.7. The zero-order valence-corrected chi connectivity index (χ0v) is 65.6. The molecule has 12 aromatic heterocycles. The average Bonchev–Trinajstić information content (AvgIpc) is 1.73. The lowest BCUT2D eigenvalue weighted by Gasteiger charge is -2.19. The van der Waals surface area contributed by atoms with E-state index in [0.29, 0.717) is 56.5 Å². The summed E-state index contributed by atoms with van der Waals surface area (Å²) >= 11 is 0. The summed E-state index contributed by atoms with van der Waals surface area (Å²) in [4.78, 5) is 17.8. The lowest BCUT2D eigenvalue weighted by Crippen LogP contribution is -2.32. The van der Waals surface area contributed by atoms with Gasteiger partial charge >= 0.3 is 0 Å². The summed E-state index contributed by atoms with van der Waals surface area (Å²) in [7, 11) is 7.50. The van der Waals surface area contributed by atoms with Gasteiger partial charge in [0.25, 0.3) is 0 Å². The number of benzene rings is 4. The van der Waals surface area contributed by atoms with E-state index >= 15 is 0 Å². The minimum atomic E-state index is -3.01. The molecule has 2 atom stereocenters. The Morgan fingerprint density at radius 3 is 0.963 bits per heavy atom. The molecule has 2 unspecified atom stereocenters. The van der Waals surface area contributed by atoms with E-state index in [9.17, 15) is 0 Å². The molecular formula is C96H108N8O4+4. The molecule has 0 radical (unpaired) electrons. The molecule has 0 amide bonds. The summed E-state index contributed by atoms with van der Waals surface area (Å²) in [6.45, 7) is 20.4. The van der Waals surface area contributed by atoms with Gasteiger partial charge < -0.3 is 17.7 Å². The summed E-state index contributed by atoms with van der Waals surface area (Å²) < 4.78 is 179. The van der Waals surface area contributed by atoms with Crippen LogP contribution in [0.25, 0.3) is 133 Å². The molecule has 0 aliphatic carbocycles. The molecule has 0 spiro atoms. The van der Waals surface area contributed by atoms with Crippen LogP contribution in [-0.2, 0) is 53.8 Å². The van der Waals surface area contributed by atoms with Gasteiger partial charge in [0.2, 0.25) is 45.6 Å². The molecule has 12 heterocycles. The maximum Gasteiger partial charge on any atom is 0.227 e. The summed E-state index contributed by atoms with van der Waals surface area (Å²) in [6, 6.07) is 39.2. The maximum absolute atomic E-state index is 8.73. The third kappa shape index (κ3) is 15.3. The molecule has 0 aliphatic heterocycles. The van der Waals surface area contributed by atoms with Crippen molar-refractivity contribution in [1.82, 2.24) is 19.9 Å². The van der Waals surface area contributed by atoms with Crippen LogP contribution in [0.1, 0.15) is 172 Å². The summed E-state index contributed by atoms with van der Waals surface area (Å²) in [6.07, 6.45) is 6.85. The Hall–Kier alpha value is -10.7. The van der Waals surface area contributed by atoms with E-state index in [0.717, 1.165) is 115 Å². The van der Waals surface area contributed by atoms with Crippen molar-refractivity contribution in [3.63, 3.8) is 0 Å². The third-order valence-electron chi connectivity index (χ3n) is 19.8. The SMILES string of the molecule is Cc1c[n+](C)c(-c2c(C)ccc3c2oc2ncccc23)cc1CC(C)(C)C.Cc1ccc2c(n1)oc1c(-c3cc(CC(C)(C)C)c(C)c[n+]3C)c(C)ccc12.[2H]C([2H])([2H])c1c[n+](C)c(-c2c(C)ccc3c2oc2nc(C)ccc23)cc1C([2H])([2H])C([2H])(C)C([2H])([2H])[2H].[2H]C([2H])([2H])c1c[n+](C)c(-c2c(C)ccc3c2oc2ncccc23)cc1C([2H])([2H])C([2H])(C)C([2H])([2H])[2H]. The first-order chi connectivity index (χ1) is 58.2. The number of hydrogen-bond donors (Lipinski definition) is 0. The number of nitrogens with zero attached hydrogens (tertiary/aromatic N) is 8. The smallest absolute Gasteiger partial charge is 0.227 e. The highest BCUT2D eigenvalue weighted by molar-refractivity contribution is 6.12. The zero-order chi connectivity index (χ0) is 92.7. The Bertz CT molecular complexity index is 6990. The highest BCUT2D eigenvalue weighted by Crippen LogP contribution is 2.42. The molecular weight excluding hydrogens is 1330 g/mol. The van der Waals surface area contributed by atoms with Crippen molar-refractivity contribution in [2.24, 2.45) is 50.8 Å². The molecule has 0 bridgehead atoms. The van der Waals surface area contributed by atoms with E-state index in [1.165, 1.54) is 69.3 Å². The molecule has 0 saturated heterocycles. The molecule has 0 saturated carbocycles. The molecule has 4 aromatic carbocycles. The molecule has 0 fully saturated rings. The lowest BCUT2D eigenvalue weighted by molar-refractivity contribution is -0.660. The van der Waals surface area contributed by atoms with Crippen LogP contribution in [0, 0.1) is 91.7 Å². The Balaban J connectivity index is 0.000000145. The van der Waals surface area contributed by atoms with Crippen LogP contribution in [0.4, 0.5) is 0 Å². The second-order valence-corrected chi connectivity index (χ2v) is 31.4. The van der Waals surface area contributed by atoms with Crippen LogP contribution in [0.5, 0.6) is 0 Å². The van der Waals surface area contributed by atoms with E-state index in [2.05, 4.69) is 173 Å². The Morgan fingerprint density at radius 2 is 0.657 bits per heavy atom. The maximum atomic E-state index is 8.73. The first-order valence-corrected chi connectivity index (χ1v) is 36.5. The van der Waals surface area contributed by atoms with Gasteiger partial charge in [0.1, 0.15) is 28.2 Å². The number of aromatic nitrogens is 8. The predicted octanol–water partition coefficient (Wildman–Crippen LogP) is 22.5. The van der Waals surface area contributed by atoms with Crippen molar-refractivity contribution in [3.8, 4) is 45.0 Å². The van der Waals surface area contributed by atoms with Crippen LogP contribution in [0.2, 0.25) is 0 Å². The van der Waals surface area contributed by atoms with Gasteiger partial charge in [-0.3, -0.25) is 0 Å². The van der Waals surface area contributed by atoms with E-state index in [1.807, 2.05) is 82.3 Å². The molecule has 0 N–H and O–H groups in total. The monoisotopic (exact) mass is 1450 g/mol. The summed E-state index contributed by atoms with van der Waals surface area (Å²) in [5.74, 6) is -5.25. The largest absolute Gasteiger partial charge is 0.437 e. The van der Waals surface area contributed by atoms with E-state index in [-0.39, 0.29) is 33.1 Å². The van der Waals surface area contributed by atoms with E-state index in [1.54, 1.807) is 41.7 Å². The number of pyridine rings is 8. The van der Waals surface area contributed by atoms with Crippen LogP contribution in [0.15, 0.2) is 176 Å². The Kier molecular flexibility index (Phi) is 15.4. The van der Waals surface area contributed by atoms with Gasteiger partial charge in [-0.2, -0.15) is 0 Å². The van der Waals surface area contributed by atoms with Crippen LogP contribution in [-0.4, -0.2) is 19.9 Å². The van der Waals surface area contributed by atoms with Crippen molar-refractivity contribution in [3.05, 3.63) is 237 Å². The summed E-state index contributed by atoms with van der Waals surface area (Å²) in [5, 5.41) is 7.56. The average molecular weight is 1460 g/mol.